The van der Waals surface area contributed by atoms with Crippen LogP contribution in [0.5, 0.6) is 0 Å². The van der Waals surface area contributed by atoms with Gasteiger partial charge in [0.2, 0.25) is 0 Å². The number of amides is 1. The highest BCUT2D eigenvalue weighted by Crippen LogP contribution is 2.31. The summed E-state index contributed by atoms with van der Waals surface area (Å²) in [5.74, 6) is -1.90. The Morgan fingerprint density at radius 2 is 2.05 bits per heavy atom. The van der Waals surface area contributed by atoms with Crippen LogP contribution in [0.1, 0.15) is 12.0 Å². The molecule has 0 radical (unpaired) electrons. The molecule has 2 aliphatic heterocycles. The third-order valence-electron chi connectivity index (χ3n) is 4.20. The number of hydrogen-bond acceptors (Lipinski definition) is 3. The predicted molar refractivity (Wildman–Crippen MR) is 73.0 cm³/mol. The molecule has 1 amide bonds. The van der Waals surface area contributed by atoms with Gasteiger partial charge in [0.1, 0.15) is 0 Å². The number of nitrogens with one attached hydrogen (secondary N) is 1. The van der Waals surface area contributed by atoms with Crippen LogP contribution in [0.3, 0.4) is 0 Å². The Bertz CT molecular complexity index is 535. The van der Waals surface area contributed by atoms with E-state index in [1.54, 1.807) is 0 Å². The summed E-state index contributed by atoms with van der Waals surface area (Å²) in [6.07, 6.45) is -4.45. The molecular weight excluding hydrogens is 297 g/mol. The summed E-state index contributed by atoms with van der Waals surface area (Å²) >= 11 is 0. The number of benzene rings is 1. The van der Waals surface area contributed by atoms with Gasteiger partial charge in [-0.15, -0.1) is 0 Å². The van der Waals surface area contributed by atoms with Gasteiger partial charge in [-0.25, -0.2) is 0 Å². The molecular formula is C15H17F3N2O2. The molecule has 7 heteroatoms. The smallest absolute Gasteiger partial charge is 0.374 e. The van der Waals surface area contributed by atoms with E-state index in [-0.39, 0.29) is 12.1 Å². The second kappa shape index (κ2) is 5.89. The molecule has 2 heterocycles. The Morgan fingerprint density at radius 1 is 1.32 bits per heavy atom. The summed E-state index contributed by atoms with van der Waals surface area (Å²) < 4.78 is 42.8. The fraction of sp³-hybridized carbons (Fsp3) is 0.533. The van der Waals surface area contributed by atoms with Gasteiger partial charge in [0, 0.05) is 25.7 Å². The van der Waals surface area contributed by atoms with E-state index in [0.29, 0.717) is 19.7 Å². The molecule has 22 heavy (non-hydrogen) atoms. The summed E-state index contributed by atoms with van der Waals surface area (Å²) in [5.41, 5.74) is 1.09. The van der Waals surface area contributed by atoms with Crippen molar-refractivity contribution in [3.8, 4) is 0 Å². The summed E-state index contributed by atoms with van der Waals surface area (Å²) in [6, 6.07) is 9.16. The van der Waals surface area contributed by atoms with Crippen LogP contribution < -0.4 is 5.32 Å². The normalized spacial score (nSPS) is 28.6. The lowest BCUT2D eigenvalue weighted by Gasteiger charge is -2.21. The number of rotatable bonds is 3. The van der Waals surface area contributed by atoms with E-state index in [9.17, 15) is 18.0 Å². The van der Waals surface area contributed by atoms with Gasteiger partial charge < -0.3 is 10.1 Å². The van der Waals surface area contributed by atoms with Gasteiger partial charge in [-0.3, -0.25) is 9.69 Å². The second-order valence-corrected chi connectivity index (χ2v) is 5.68. The molecule has 3 unspecified atom stereocenters. The van der Waals surface area contributed by atoms with E-state index in [0.717, 1.165) is 12.0 Å². The number of nitrogens with zero attached hydrogens (tertiary/aromatic N) is 1. The Balaban J connectivity index is 1.68. The Hall–Kier alpha value is -1.60. The number of fused-ring (bicyclic) bond motifs is 1. The third-order valence-corrected chi connectivity index (χ3v) is 4.20. The van der Waals surface area contributed by atoms with E-state index in [1.807, 2.05) is 30.3 Å². The van der Waals surface area contributed by atoms with Gasteiger partial charge in [0.15, 0.2) is 0 Å². The molecule has 4 nitrogen and oxygen atoms in total. The molecule has 0 bridgehead atoms. The molecule has 2 aliphatic rings. The molecule has 2 saturated heterocycles. The van der Waals surface area contributed by atoms with Crippen molar-refractivity contribution in [1.29, 1.82) is 0 Å². The van der Waals surface area contributed by atoms with Gasteiger partial charge >= 0.3 is 12.1 Å². The number of alkyl halides is 3. The van der Waals surface area contributed by atoms with E-state index in [1.165, 1.54) is 0 Å². The molecule has 120 valence electrons. The minimum absolute atomic E-state index is 0.0544. The highest BCUT2D eigenvalue weighted by Gasteiger charge is 2.49. The third kappa shape index (κ3) is 3.10. The van der Waals surface area contributed by atoms with Gasteiger partial charge in [-0.05, 0) is 12.0 Å². The average Bonchev–Trinajstić information content (AvgIpc) is 3.04. The van der Waals surface area contributed by atoms with Crippen LogP contribution in [0, 0.1) is 0 Å². The maximum atomic E-state index is 12.4. The van der Waals surface area contributed by atoms with Crippen molar-refractivity contribution in [3.63, 3.8) is 0 Å². The Morgan fingerprint density at radius 3 is 2.73 bits per heavy atom. The van der Waals surface area contributed by atoms with Crippen molar-refractivity contribution in [3.05, 3.63) is 35.9 Å². The van der Waals surface area contributed by atoms with Gasteiger partial charge in [-0.2, -0.15) is 13.2 Å². The summed E-state index contributed by atoms with van der Waals surface area (Å²) in [4.78, 5) is 13.3. The van der Waals surface area contributed by atoms with Crippen LogP contribution >= 0.6 is 0 Å². The van der Waals surface area contributed by atoms with E-state index in [4.69, 9.17) is 4.74 Å². The maximum absolute atomic E-state index is 12.4. The molecule has 1 aromatic rings. The summed E-state index contributed by atoms with van der Waals surface area (Å²) in [5, 5.41) is 2.08. The molecule has 0 spiro atoms. The van der Waals surface area contributed by atoms with E-state index in [2.05, 4.69) is 10.2 Å². The van der Waals surface area contributed by atoms with Crippen molar-refractivity contribution >= 4 is 5.91 Å². The Labute approximate surface area is 126 Å². The fourth-order valence-electron chi connectivity index (χ4n) is 3.24. The maximum Gasteiger partial charge on any atom is 0.471 e. The fourth-order valence-corrected chi connectivity index (χ4v) is 3.24. The zero-order chi connectivity index (χ0) is 15.7. The quantitative estimate of drug-likeness (QED) is 0.923. The first kappa shape index (κ1) is 15.3. The topological polar surface area (TPSA) is 41.6 Å². The highest BCUT2D eigenvalue weighted by molar-refractivity contribution is 5.82. The highest BCUT2D eigenvalue weighted by atomic mass is 19.4. The lowest BCUT2D eigenvalue weighted by atomic mass is 10.1. The van der Waals surface area contributed by atoms with Crippen molar-refractivity contribution in [2.24, 2.45) is 0 Å². The number of hydrogen-bond donors (Lipinski definition) is 1. The molecule has 1 N–H and O–H groups in total. The van der Waals surface area contributed by atoms with Crippen LogP contribution in [-0.2, 0) is 16.1 Å². The number of ether oxygens (including phenoxy) is 1. The molecule has 0 aliphatic carbocycles. The zero-order valence-electron chi connectivity index (χ0n) is 11.8. The number of likely N-dealkylation sites (tertiary alicyclic amines) is 1. The standard InChI is InChI=1S/C15H17F3N2O2/c16-15(17,18)14(21)19-11-9-20(12-6-7-22-13(11)12)8-10-4-2-1-3-5-10/h1-5,11-13H,6-9H2,(H,19,21). The minimum Gasteiger partial charge on any atom is -0.374 e. The average molecular weight is 314 g/mol. The zero-order valence-corrected chi connectivity index (χ0v) is 11.8. The number of halogens is 3. The second-order valence-electron chi connectivity index (χ2n) is 5.68. The first-order valence-corrected chi connectivity index (χ1v) is 7.22. The van der Waals surface area contributed by atoms with Crippen LogP contribution in [0.25, 0.3) is 0 Å². The van der Waals surface area contributed by atoms with E-state index >= 15 is 0 Å². The van der Waals surface area contributed by atoms with Crippen molar-refractivity contribution in [2.45, 2.75) is 37.3 Å². The van der Waals surface area contributed by atoms with Gasteiger partial charge in [0.25, 0.3) is 0 Å². The molecule has 3 atom stereocenters. The molecule has 2 fully saturated rings. The summed E-state index contributed by atoms with van der Waals surface area (Å²) in [6.45, 7) is 1.52. The van der Waals surface area contributed by atoms with E-state index < -0.39 is 18.1 Å². The monoisotopic (exact) mass is 314 g/mol. The number of carbonyl (C=O) groups excluding carboxylic acids is 1. The molecule has 3 rings (SSSR count). The predicted octanol–water partition coefficient (Wildman–Crippen LogP) is 1.71. The molecule has 1 aromatic carbocycles. The SMILES string of the molecule is O=C(NC1CN(Cc2ccccc2)C2CCOC12)C(F)(F)F. The lowest BCUT2D eigenvalue weighted by Crippen LogP contribution is -2.48. The Kier molecular flexibility index (Phi) is 4.10. The largest absolute Gasteiger partial charge is 0.471 e. The minimum atomic E-state index is -4.86. The van der Waals surface area contributed by atoms with Gasteiger partial charge in [-0.1, -0.05) is 30.3 Å². The lowest BCUT2D eigenvalue weighted by molar-refractivity contribution is -0.174. The van der Waals surface area contributed by atoms with Crippen LogP contribution in [0.4, 0.5) is 13.2 Å². The van der Waals surface area contributed by atoms with Crippen molar-refractivity contribution in [2.75, 3.05) is 13.2 Å². The first-order chi connectivity index (χ1) is 10.4. The van der Waals surface area contributed by atoms with Crippen LogP contribution in [-0.4, -0.2) is 48.3 Å². The summed E-state index contributed by atoms with van der Waals surface area (Å²) in [7, 11) is 0. The first-order valence-electron chi connectivity index (χ1n) is 7.22. The van der Waals surface area contributed by atoms with Crippen LogP contribution in [0.2, 0.25) is 0 Å². The van der Waals surface area contributed by atoms with Crippen LogP contribution in [0.15, 0.2) is 30.3 Å². The number of carbonyl (C=O) groups is 1. The van der Waals surface area contributed by atoms with Crippen molar-refractivity contribution in [1.82, 2.24) is 10.2 Å². The molecule has 0 saturated carbocycles. The van der Waals surface area contributed by atoms with Crippen molar-refractivity contribution < 1.29 is 22.7 Å². The van der Waals surface area contributed by atoms with Gasteiger partial charge in [0.05, 0.1) is 12.1 Å². The molecule has 0 aromatic heterocycles.